The molecular weight excluding hydrogens is 453 g/mol. The fraction of sp³-hybridized carbons (Fsp3) is 0.192. The van der Waals surface area contributed by atoms with Gasteiger partial charge in [0.25, 0.3) is 0 Å². The molecular formula is C26H24FN3O3S. The van der Waals surface area contributed by atoms with Gasteiger partial charge < -0.3 is 10.1 Å². The van der Waals surface area contributed by atoms with Crippen molar-refractivity contribution in [2.45, 2.75) is 25.1 Å². The lowest BCUT2D eigenvalue weighted by Crippen LogP contribution is -2.33. The van der Waals surface area contributed by atoms with Gasteiger partial charge in [-0.1, -0.05) is 53.7 Å². The summed E-state index contributed by atoms with van der Waals surface area (Å²) in [5, 5.41) is 2.70. The van der Waals surface area contributed by atoms with E-state index in [9.17, 15) is 14.0 Å². The first-order valence-electron chi connectivity index (χ1n) is 10.7. The van der Waals surface area contributed by atoms with Crippen LogP contribution in [-0.4, -0.2) is 34.2 Å². The normalized spacial score (nSPS) is 16.7. The van der Waals surface area contributed by atoms with Crippen LogP contribution in [0.3, 0.4) is 0 Å². The van der Waals surface area contributed by atoms with Crippen LogP contribution in [0.15, 0.2) is 77.8 Å². The number of nitrogens with zero attached hydrogens (tertiary/aromatic N) is 2. The van der Waals surface area contributed by atoms with E-state index in [1.54, 1.807) is 35.2 Å². The van der Waals surface area contributed by atoms with Crippen LogP contribution in [0.25, 0.3) is 0 Å². The number of amides is 2. The quantitative estimate of drug-likeness (QED) is 0.501. The number of methoxy groups -OCH3 is 1. The van der Waals surface area contributed by atoms with E-state index in [-0.39, 0.29) is 30.6 Å². The second-order valence-corrected chi connectivity index (χ2v) is 9.01. The number of hydrogen-bond donors (Lipinski definition) is 1. The first-order valence-corrected chi connectivity index (χ1v) is 11.6. The van der Waals surface area contributed by atoms with E-state index in [2.05, 4.69) is 10.3 Å². The minimum absolute atomic E-state index is 0.0195. The maximum Gasteiger partial charge on any atom is 0.242 e. The molecule has 1 aliphatic heterocycles. The van der Waals surface area contributed by atoms with Gasteiger partial charge in [-0.05, 0) is 48.9 Å². The number of aryl methyl sites for hydroxylation is 1. The van der Waals surface area contributed by atoms with Gasteiger partial charge in [-0.2, -0.15) is 0 Å². The molecule has 0 aromatic heterocycles. The molecule has 0 saturated carbocycles. The van der Waals surface area contributed by atoms with Crippen LogP contribution in [0.5, 0.6) is 5.75 Å². The Morgan fingerprint density at radius 1 is 1.09 bits per heavy atom. The highest BCUT2D eigenvalue weighted by Gasteiger charge is 2.39. The smallest absolute Gasteiger partial charge is 0.242 e. The first-order chi connectivity index (χ1) is 16.4. The number of benzene rings is 3. The average Bonchev–Trinajstić information content (AvgIpc) is 3.11. The lowest BCUT2D eigenvalue weighted by Gasteiger charge is -2.17. The molecule has 174 valence electrons. The molecule has 0 radical (unpaired) electrons. The monoisotopic (exact) mass is 477 g/mol. The number of anilines is 1. The van der Waals surface area contributed by atoms with Crippen molar-refractivity contribution in [2.75, 3.05) is 12.4 Å². The predicted molar refractivity (Wildman–Crippen MR) is 133 cm³/mol. The van der Waals surface area contributed by atoms with E-state index in [0.717, 1.165) is 11.1 Å². The molecule has 3 aromatic carbocycles. The Balaban J connectivity index is 1.55. The van der Waals surface area contributed by atoms with Gasteiger partial charge in [0.05, 0.1) is 25.0 Å². The average molecular weight is 478 g/mol. The first kappa shape index (κ1) is 23.5. The Labute approximate surface area is 201 Å². The van der Waals surface area contributed by atoms with Gasteiger partial charge in [-0.15, -0.1) is 0 Å². The fourth-order valence-corrected chi connectivity index (χ4v) is 4.65. The number of rotatable bonds is 7. The SMILES string of the molecule is COc1ccccc1NC(=O)CC1SC(=Nc2ccc(C)cc2)N(Cc2ccc(F)cc2)C1=O. The lowest BCUT2D eigenvalue weighted by molar-refractivity contribution is -0.128. The van der Waals surface area contributed by atoms with E-state index in [4.69, 9.17) is 4.74 Å². The second kappa shape index (κ2) is 10.5. The third kappa shape index (κ3) is 5.63. The van der Waals surface area contributed by atoms with Crippen LogP contribution >= 0.6 is 11.8 Å². The number of para-hydroxylation sites is 2. The highest BCUT2D eigenvalue weighted by atomic mass is 32.2. The molecule has 1 unspecified atom stereocenters. The van der Waals surface area contributed by atoms with Crippen LogP contribution in [0.4, 0.5) is 15.8 Å². The van der Waals surface area contributed by atoms with Crippen molar-refractivity contribution >= 4 is 40.1 Å². The minimum Gasteiger partial charge on any atom is -0.495 e. The summed E-state index contributed by atoms with van der Waals surface area (Å²) in [6, 6.07) is 20.7. The Kier molecular flexibility index (Phi) is 7.27. The van der Waals surface area contributed by atoms with E-state index in [1.807, 2.05) is 37.3 Å². The molecule has 0 aliphatic carbocycles. The molecule has 6 nitrogen and oxygen atoms in total. The number of carbonyl (C=O) groups excluding carboxylic acids is 2. The molecule has 34 heavy (non-hydrogen) atoms. The summed E-state index contributed by atoms with van der Waals surface area (Å²) in [7, 11) is 1.53. The minimum atomic E-state index is -0.626. The van der Waals surface area contributed by atoms with Crippen molar-refractivity contribution in [3.8, 4) is 5.75 Å². The summed E-state index contributed by atoms with van der Waals surface area (Å²) in [5.41, 5.74) is 3.13. The molecule has 1 fully saturated rings. The lowest BCUT2D eigenvalue weighted by atomic mass is 10.2. The molecule has 1 N–H and O–H groups in total. The number of thioether (sulfide) groups is 1. The van der Waals surface area contributed by atoms with Crippen molar-refractivity contribution in [3.05, 3.63) is 89.7 Å². The van der Waals surface area contributed by atoms with Gasteiger partial charge in [0, 0.05) is 6.42 Å². The van der Waals surface area contributed by atoms with E-state index in [0.29, 0.717) is 22.3 Å². The van der Waals surface area contributed by atoms with Crippen molar-refractivity contribution in [3.63, 3.8) is 0 Å². The van der Waals surface area contributed by atoms with Crippen molar-refractivity contribution in [1.29, 1.82) is 0 Å². The highest BCUT2D eigenvalue weighted by Crippen LogP contribution is 2.33. The second-order valence-electron chi connectivity index (χ2n) is 7.84. The van der Waals surface area contributed by atoms with E-state index >= 15 is 0 Å². The van der Waals surface area contributed by atoms with Gasteiger partial charge in [-0.25, -0.2) is 9.38 Å². The molecule has 1 saturated heterocycles. The highest BCUT2D eigenvalue weighted by molar-refractivity contribution is 8.15. The number of halogens is 1. The Hall–Kier alpha value is -3.65. The van der Waals surface area contributed by atoms with Crippen molar-refractivity contribution in [1.82, 2.24) is 4.90 Å². The van der Waals surface area contributed by atoms with Gasteiger partial charge in [0.1, 0.15) is 16.8 Å². The third-order valence-corrected chi connectivity index (χ3v) is 6.46. The number of hydrogen-bond acceptors (Lipinski definition) is 5. The van der Waals surface area contributed by atoms with Gasteiger partial charge in [-0.3, -0.25) is 14.5 Å². The molecule has 0 spiro atoms. The maximum atomic E-state index is 13.4. The van der Waals surface area contributed by atoms with Crippen LogP contribution in [0.2, 0.25) is 0 Å². The molecule has 8 heteroatoms. The topological polar surface area (TPSA) is 71.0 Å². The van der Waals surface area contributed by atoms with Gasteiger partial charge in [0.15, 0.2) is 5.17 Å². The standard InChI is InChI=1S/C26H24FN3O3S/c1-17-7-13-20(14-8-17)28-26-30(16-18-9-11-19(27)12-10-18)25(32)23(34-26)15-24(31)29-21-5-3-4-6-22(21)33-2/h3-14,23H,15-16H2,1-2H3,(H,29,31). The molecule has 1 heterocycles. The summed E-state index contributed by atoms with van der Waals surface area (Å²) in [6.07, 6.45) is -0.0195. The van der Waals surface area contributed by atoms with Crippen molar-refractivity contribution < 1.29 is 18.7 Å². The van der Waals surface area contributed by atoms with Gasteiger partial charge in [0.2, 0.25) is 11.8 Å². The zero-order chi connectivity index (χ0) is 24.1. The molecule has 4 rings (SSSR count). The van der Waals surface area contributed by atoms with Crippen LogP contribution in [0, 0.1) is 12.7 Å². The van der Waals surface area contributed by atoms with E-state index < -0.39 is 5.25 Å². The summed E-state index contributed by atoms with van der Waals surface area (Å²) >= 11 is 1.26. The van der Waals surface area contributed by atoms with Crippen LogP contribution < -0.4 is 10.1 Å². The molecule has 2 amide bonds. The summed E-state index contributed by atoms with van der Waals surface area (Å²) < 4.78 is 18.6. The molecule has 1 atom stereocenters. The summed E-state index contributed by atoms with van der Waals surface area (Å²) in [4.78, 5) is 32.3. The zero-order valence-corrected chi connectivity index (χ0v) is 19.6. The molecule has 0 bridgehead atoms. The van der Waals surface area contributed by atoms with E-state index in [1.165, 1.54) is 31.0 Å². The summed E-state index contributed by atoms with van der Waals surface area (Å²) in [5.74, 6) is -0.310. The predicted octanol–water partition coefficient (Wildman–Crippen LogP) is 5.30. The fourth-order valence-electron chi connectivity index (χ4n) is 3.49. The van der Waals surface area contributed by atoms with Crippen LogP contribution in [-0.2, 0) is 16.1 Å². The maximum absolute atomic E-state index is 13.4. The van der Waals surface area contributed by atoms with Gasteiger partial charge >= 0.3 is 0 Å². The Morgan fingerprint density at radius 2 is 1.79 bits per heavy atom. The zero-order valence-electron chi connectivity index (χ0n) is 18.8. The number of carbonyl (C=O) groups is 2. The summed E-state index contributed by atoms with van der Waals surface area (Å²) in [6.45, 7) is 2.23. The van der Waals surface area contributed by atoms with Crippen LogP contribution in [0.1, 0.15) is 17.5 Å². The largest absolute Gasteiger partial charge is 0.495 e. The number of aliphatic imine (C=N–C) groups is 1. The number of nitrogens with one attached hydrogen (secondary N) is 1. The molecule has 3 aromatic rings. The van der Waals surface area contributed by atoms with Crippen molar-refractivity contribution in [2.24, 2.45) is 4.99 Å². The number of ether oxygens (including phenoxy) is 1. The number of amidine groups is 1. The Morgan fingerprint density at radius 3 is 2.50 bits per heavy atom. The third-order valence-electron chi connectivity index (χ3n) is 5.28. The Bertz CT molecular complexity index is 1210. The molecule has 1 aliphatic rings.